The van der Waals surface area contributed by atoms with E-state index in [0.29, 0.717) is 18.1 Å². The van der Waals surface area contributed by atoms with Crippen LogP contribution in [0.1, 0.15) is 41.8 Å². The lowest BCUT2D eigenvalue weighted by Gasteiger charge is -2.12. The van der Waals surface area contributed by atoms with Gasteiger partial charge in [0.25, 0.3) is 0 Å². The molecule has 1 rings (SSSR count). The van der Waals surface area contributed by atoms with E-state index in [1.54, 1.807) is 0 Å². The maximum absolute atomic E-state index is 11.8. The van der Waals surface area contributed by atoms with Crippen molar-refractivity contribution in [3.8, 4) is 0 Å². The number of carbonyl (C=O) groups excluding carboxylic acids is 1. The standard InChI is InChI=1S/C14H19ClO2/c1-3-12-11(8-6-10-15)7-5-9-13(12)14(16)17-4-2/h5,7,9H,3-4,6,8,10H2,1-2H3. The predicted molar refractivity (Wildman–Crippen MR) is 70.8 cm³/mol. The molecule has 94 valence electrons. The van der Waals surface area contributed by atoms with Gasteiger partial charge in [0, 0.05) is 5.88 Å². The summed E-state index contributed by atoms with van der Waals surface area (Å²) in [6, 6.07) is 5.81. The number of aryl methyl sites for hydroxylation is 1. The first kappa shape index (κ1) is 14.0. The highest BCUT2D eigenvalue weighted by atomic mass is 35.5. The largest absolute Gasteiger partial charge is 0.462 e. The van der Waals surface area contributed by atoms with Gasteiger partial charge in [-0.25, -0.2) is 4.79 Å². The molecule has 0 radical (unpaired) electrons. The van der Waals surface area contributed by atoms with E-state index in [0.717, 1.165) is 24.8 Å². The Labute approximate surface area is 108 Å². The lowest BCUT2D eigenvalue weighted by molar-refractivity contribution is 0.0525. The number of halogens is 1. The molecular formula is C14H19ClO2. The number of esters is 1. The molecule has 0 aliphatic heterocycles. The van der Waals surface area contributed by atoms with Crippen molar-refractivity contribution in [3.63, 3.8) is 0 Å². The second kappa shape index (κ2) is 7.33. The number of ether oxygens (including phenoxy) is 1. The molecule has 0 saturated carbocycles. The van der Waals surface area contributed by atoms with Crippen LogP contribution in [-0.2, 0) is 17.6 Å². The Hall–Kier alpha value is -1.02. The van der Waals surface area contributed by atoms with Gasteiger partial charge in [-0.3, -0.25) is 0 Å². The first-order valence-electron chi connectivity index (χ1n) is 6.08. The summed E-state index contributed by atoms with van der Waals surface area (Å²) in [6.45, 7) is 4.29. The van der Waals surface area contributed by atoms with Gasteiger partial charge in [-0.1, -0.05) is 19.1 Å². The van der Waals surface area contributed by atoms with E-state index in [9.17, 15) is 4.79 Å². The molecule has 0 spiro atoms. The van der Waals surface area contributed by atoms with Crippen LogP contribution in [0.25, 0.3) is 0 Å². The van der Waals surface area contributed by atoms with Gasteiger partial charge in [0.2, 0.25) is 0 Å². The Bertz CT molecular complexity index is 374. The molecule has 0 unspecified atom stereocenters. The number of benzene rings is 1. The highest BCUT2D eigenvalue weighted by Gasteiger charge is 2.13. The van der Waals surface area contributed by atoms with E-state index in [2.05, 4.69) is 13.0 Å². The molecule has 0 bridgehead atoms. The van der Waals surface area contributed by atoms with Crippen molar-refractivity contribution in [2.75, 3.05) is 12.5 Å². The summed E-state index contributed by atoms with van der Waals surface area (Å²) in [5.74, 6) is 0.421. The van der Waals surface area contributed by atoms with Crippen molar-refractivity contribution in [1.82, 2.24) is 0 Å². The van der Waals surface area contributed by atoms with Crippen LogP contribution in [-0.4, -0.2) is 18.5 Å². The molecule has 0 heterocycles. The normalized spacial score (nSPS) is 10.3. The Morgan fingerprint density at radius 1 is 1.35 bits per heavy atom. The molecule has 1 aromatic rings. The predicted octanol–water partition coefficient (Wildman–Crippen LogP) is 3.60. The van der Waals surface area contributed by atoms with E-state index in [4.69, 9.17) is 16.3 Å². The summed E-state index contributed by atoms with van der Waals surface area (Å²) in [5, 5.41) is 0. The number of carbonyl (C=O) groups is 1. The SMILES string of the molecule is CCOC(=O)c1cccc(CCCCl)c1CC. The molecule has 17 heavy (non-hydrogen) atoms. The van der Waals surface area contributed by atoms with Crippen molar-refractivity contribution < 1.29 is 9.53 Å². The minimum atomic E-state index is -0.225. The summed E-state index contributed by atoms with van der Waals surface area (Å²) in [7, 11) is 0. The fourth-order valence-electron chi connectivity index (χ4n) is 1.94. The van der Waals surface area contributed by atoms with E-state index in [-0.39, 0.29) is 5.97 Å². The first-order chi connectivity index (χ1) is 8.24. The van der Waals surface area contributed by atoms with Crippen LogP contribution in [0, 0.1) is 0 Å². The van der Waals surface area contributed by atoms with Crippen LogP contribution < -0.4 is 0 Å². The molecule has 0 aliphatic rings. The molecular weight excluding hydrogens is 236 g/mol. The van der Waals surface area contributed by atoms with Crippen molar-refractivity contribution in [2.45, 2.75) is 33.1 Å². The van der Waals surface area contributed by atoms with Gasteiger partial charge in [0.1, 0.15) is 0 Å². The summed E-state index contributed by atoms with van der Waals surface area (Å²) in [5.41, 5.74) is 3.00. The number of hydrogen-bond acceptors (Lipinski definition) is 2. The molecule has 0 aromatic heterocycles. The Morgan fingerprint density at radius 3 is 2.71 bits per heavy atom. The Balaban J connectivity index is 3.00. The van der Waals surface area contributed by atoms with E-state index in [1.165, 1.54) is 5.56 Å². The van der Waals surface area contributed by atoms with E-state index >= 15 is 0 Å². The molecule has 3 heteroatoms. The Kier molecular flexibility index (Phi) is 6.06. The molecule has 0 aliphatic carbocycles. The monoisotopic (exact) mass is 254 g/mol. The van der Waals surface area contributed by atoms with Gasteiger partial charge < -0.3 is 4.74 Å². The zero-order valence-electron chi connectivity index (χ0n) is 10.5. The zero-order chi connectivity index (χ0) is 12.7. The maximum atomic E-state index is 11.8. The molecule has 0 saturated heterocycles. The molecule has 2 nitrogen and oxygen atoms in total. The second-order valence-electron chi connectivity index (χ2n) is 3.81. The minimum Gasteiger partial charge on any atom is -0.462 e. The third-order valence-electron chi connectivity index (χ3n) is 2.70. The molecule has 0 amide bonds. The van der Waals surface area contributed by atoms with Crippen LogP contribution in [0.2, 0.25) is 0 Å². The topological polar surface area (TPSA) is 26.3 Å². The molecule has 0 atom stereocenters. The highest BCUT2D eigenvalue weighted by Crippen LogP contribution is 2.18. The van der Waals surface area contributed by atoms with Crippen molar-refractivity contribution in [2.24, 2.45) is 0 Å². The van der Waals surface area contributed by atoms with Gasteiger partial charge >= 0.3 is 5.97 Å². The van der Waals surface area contributed by atoms with Gasteiger partial charge in [-0.05, 0) is 43.4 Å². The van der Waals surface area contributed by atoms with Crippen LogP contribution in [0.15, 0.2) is 18.2 Å². The van der Waals surface area contributed by atoms with Gasteiger partial charge in [0.05, 0.1) is 12.2 Å². The first-order valence-corrected chi connectivity index (χ1v) is 6.61. The average Bonchev–Trinajstić information content (AvgIpc) is 2.36. The van der Waals surface area contributed by atoms with E-state index < -0.39 is 0 Å². The quantitative estimate of drug-likeness (QED) is 0.573. The van der Waals surface area contributed by atoms with Crippen molar-refractivity contribution in [1.29, 1.82) is 0 Å². The fourth-order valence-corrected chi connectivity index (χ4v) is 2.08. The summed E-state index contributed by atoms with van der Waals surface area (Å²) >= 11 is 5.71. The van der Waals surface area contributed by atoms with Crippen LogP contribution in [0.5, 0.6) is 0 Å². The number of alkyl halides is 1. The maximum Gasteiger partial charge on any atom is 0.338 e. The lowest BCUT2D eigenvalue weighted by Crippen LogP contribution is -2.10. The van der Waals surface area contributed by atoms with Crippen molar-refractivity contribution >= 4 is 17.6 Å². The van der Waals surface area contributed by atoms with Gasteiger partial charge in [-0.15, -0.1) is 11.6 Å². The van der Waals surface area contributed by atoms with Gasteiger partial charge in [-0.2, -0.15) is 0 Å². The zero-order valence-corrected chi connectivity index (χ0v) is 11.2. The minimum absolute atomic E-state index is 0.225. The van der Waals surface area contributed by atoms with Gasteiger partial charge in [0.15, 0.2) is 0 Å². The van der Waals surface area contributed by atoms with Crippen LogP contribution in [0.4, 0.5) is 0 Å². The third-order valence-corrected chi connectivity index (χ3v) is 2.97. The summed E-state index contributed by atoms with van der Waals surface area (Å²) < 4.78 is 5.06. The van der Waals surface area contributed by atoms with Crippen molar-refractivity contribution in [3.05, 3.63) is 34.9 Å². The highest BCUT2D eigenvalue weighted by molar-refractivity contribution is 6.17. The number of hydrogen-bond donors (Lipinski definition) is 0. The second-order valence-corrected chi connectivity index (χ2v) is 4.19. The van der Waals surface area contributed by atoms with E-state index in [1.807, 2.05) is 19.1 Å². The number of rotatable bonds is 6. The third kappa shape index (κ3) is 3.74. The Morgan fingerprint density at radius 2 is 2.12 bits per heavy atom. The molecule has 0 fully saturated rings. The molecule has 1 aromatic carbocycles. The smallest absolute Gasteiger partial charge is 0.338 e. The summed E-state index contributed by atoms with van der Waals surface area (Å²) in [4.78, 5) is 11.8. The average molecular weight is 255 g/mol. The van der Waals surface area contributed by atoms with Crippen LogP contribution in [0.3, 0.4) is 0 Å². The molecule has 0 N–H and O–H groups in total. The summed E-state index contributed by atoms with van der Waals surface area (Å²) in [6.07, 6.45) is 2.69. The fraction of sp³-hybridized carbons (Fsp3) is 0.500. The lowest BCUT2D eigenvalue weighted by atomic mass is 9.96. The van der Waals surface area contributed by atoms with Crippen LogP contribution >= 0.6 is 11.6 Å².